The van der Waals surface area contributed by atoms with E-state index in [4.69, 9.17) is 10.2 Å². The summed E-state index contributed by atoms with van der Waals surface area (Å²) in [5, 5.41) is 0. The molecule has 0 aliphatic heterocycles. The van der Waals surface area contributed by atoms with Crippen LogP contribution in [0.15, 0.2) is 27.4 Å². The molecule has 0 radical (unpaired) electrons. The van der Waals surface area contributed by atoms with Gasteiger partial charge in [0.1, 0.15) is 0 Å². The third-order valence-electron chi connectivity index (χ3n) is 3.75. The van der Waals surface area contributed by atoms with Crippen molar-refractivity contribution in [3.8, 4) is 0 Å². The summed E-state index contributed by atoms with van der Waals surface area (Å²) in [6, 6.07) is 5.82. The van der Waals surface area contributed by atoms with E-state index < -0.39 is 0 Å². The predicted molar refractivity (Wildman–Crippen MR) is 77.1 cm³/mol. The maximum Gasteiger partial charge on any atom is 0.419 e. The summed E-state index contributed by atoms with van der Waals surface area (Å²) in [7, 11) is 0. The molecule has 4 nitrogen and oxygen atoms in total. The van der Waals surface area contributed by atoms with E-state index in [1.54, 1.807) is 4.57 Å². The lowest BCUT2D eigenvalue weighted by molar-refractivity contribution is 0.433. The van der Waals surface area contributed by atoms with Crippen LogP contribution in [-0.2, 0) is 6.54 Å². The molecule has 0 saturated carbocycles. The Morgan fingerprint density at radius 3 is 2.74 bits per heavy atom. The van der Waals surface area contributed by atoms with E-state index in [9.17, 15) is 4.79 Å². The first kappa shape index (κ1) is 13.9. The highest BCUT2D eigenvalue weighted by atomic mass is 16.4. The van der Waals surface area contributed by atoms with Gasteiger partial charge in [0.2, 0.25) is 0 Å². The fourth-order valence-corrected chi connectivity index (χ4v) is 2.55. The molecule has 4 heteroatoms. The summed E-state index contributed by atoms with van der Waals surface area (Å²) in [5.41, 5.74) is 8.77. The van der Waals surface area contributed by atoms with Crippen molar-refractivity contribution in [1.82, 2.24) is 4.57 Å². The van der Waals surface area contributed by atoms with Gasteiger partial charge in [0, 0.05) is 12.6 Å². The van der Waals surface area contributed by atoms with Gasteiger partial charge in [0.05, 0.1) is 5.52 Å². The number of aryl methyl sites for hydroxylation is 1. The standard InChI is InChI=1S/C15H22N2O2/c1-4-6-10(3)14(16)11-7-8-12-13(9-11)19-15(18)17(12)5-2/h7-10,14H,4-6,16H2,1-3H3. The number of benzene rings is 1. The van der Waals surface area contributed by atoms with Crippen molar-refractivity contribution < 1.29 is 4.42 Å². The van der Waals surface area contributed by atoms with Crippen molar-refractivity contribution >= 4 is 11.1 Å². The van der Waals surface area contributed by atoms with Crippen molar-refractivity contribution in [3.05, 3.63) is 34.3 Å². The molecule has 2 atom stereocenters. The molecule has 0 saturated heterocycles. The van der Waals surface area contributed by atoms with Gasteiger partial charge in [0.15, 0.2) is 5.58 Å². The van der Waals surface area contributed by atoms with E-state index in [1.165, 1.54) is 0 Å². The zero-order valence-corrected chi connectivity index (χ0v) is 11.8. The van der Waals surface area contributed by atoms with Crippen LogP contribution in [0.2, 0.25) is 0 Å². The average molecular weight is 262 g/mol. The summed E-state index contributed by atoms with van der Waals surface area (Å²) in [6.07, 6.45) is 2.22. The second-order valence-corrected chi connectivity index (χ2v) is 5.13. The monoisotopic (exact) mass is 262 g/mol. The molecule has 2 rings (SSSR count). The molecule has 0 bridgehead atoms. The minimum Gasteiger partial charge on any atom is -0.408 e. The first-order valence-electron chi connectivity index (χ1n) is 6.97. The molecular weight excluding hydrogens is 240 g/mol. The van der Waals surface area contributed by atoms with Crippen LogP contribution in [0.4, 0.5) is 0 Å². The van der Waals surface area contributed by atoms with Crippen LogP contribution in [0.1, 0.15) is 45.2 Å². The SMILES string of the molecule is CCCC(C)C(N)c1ccc2c(c1)oc(=O)n2CC. The second-order valence-electron chi connectivity index (χ2n) is 5.13. The van der Waals surface area contributed by atoms with Crippen molar-refractivity contribution in [3.63, 3.8) is 0 Å². The molecule has 0 aliphatic carbocycles. The molecule has 104 valence electrons. The Kier molecular flexibility index (Phi) is 4.10. The Hall–Kier alpha value is -1.55. The summed E-state index contributed by atoms with van der Waals surface area (Å²) in [4.78, 5) is 11.7. The average Bonchev–Trinajstić information content (AvgIpc) is 2.72. The lowest BCUT2D eigenvalue weighted by Crippen LogP contribution is -2.18. The van der Waals surface area contributed by atoms with Gasteiger partial charge in [0.25, 0.3) is 0 Å². The molecule has 0 aliphatic rings. The third-order valence-corrected chi connectivity index (χ3v) is 3.75. The molecule has 0 spiro atoms. The maximum absolute atomic E-state index is 11.7. The molecule has 0 amide bonds. The van der Waals surface area contributed by atoms with Gasteiger partial charge in [-0.15, -0.1) is 0 Å². The van der Waals surface area contributed by atoms with Gasteiger partial charge in [-0.25, -0.2) is 4.79 Å². The number of nitrogens with two attached hydrogens (primary N) is 1. The molecule has 2 unspecified atom stereocenters. The number of nitrogens with zero attached hydrogens (tertiary/aromatic N) is 1. The van der Waals surface area contributed by atoms with Gasteiger partial charge in [-0.1, -0.05) is 26.3 Å². The zero-order valence-electron chi connectivity index (χ0n) is 11.8. The first-order valence-corrected chi connectivity index (χ1v) is 6.97. The van der Waals surface area contributed by atoms with Crippen LogP contribution in [0, 0.1) is 5.92 Å². The molecule has 19 heavy (non-hydrogen) atoms. The minimum absolute atomic E-state index is 0.0142. The number of aromatic nitrogens is 1. The zero-order chi connectivity index (χ0) is 14.0. The highest BCUT2D eigenvalue weighted by Crippen LogP contribution is 2.25. The van der Waals surface area contributed by atoms with Gasteiger partial charge >= 0.3 is 5.76 Å². The van der Waals surface area contributed by atoms with Crippen LogP contribution in [-0.4, -0.2) is 4.57 Å². The molecular formula is C15H22N2O2. The number of oxazole rings is 1. The smallest absolute Gasteiger partial charge is 0.408 e. The van der Waals surface area contributed by atoms with Gasteiger partial charge in [-0.3, -0.25) is 4.57 Å². The lowest BCUT2D eigenvalue weighted by atomic mass is 9.92. The summed E-state index contributed by atoms with van der Waals surface area (Å²) < 4.78 is 6.90. The number of fused-ring (bicyclic) bond motifs is 1. The fourth-order valence-electron chi connectivity index (χ4n) is 2.55. The minimum atomic E-state index is -0.301. The summed E-state index contributed by atoms with van der Waals surface area (Å²) in [5.74, 6) is 0.118. The van der Waals surface area contributed by atoms with E-state index in [-0.39, 0.29) is 11.8 Å². The molecule has 2 N–H and O–H groups in total. The Labute approximate surface area is 113 Å². The van der Waals surface area contributed by atoms with Crippen LogP contribution in [0.5, 0.6) is 0 Å². The molecule has 1 aromatic carbocycles. The largest absolute Gasteiger partial charge is 0.419 e. The van der Waals surface area contributed by atoms with E-state index >= 15 is 0 Å². The van der Waals surface area contributed by atoms with E-state index in [2.05, 4.69) is 13.8 Å². The number of hydrogen-bond donors (Lipinski definition) is 1. The fraction of sp³-hybridized carbons (Fsp3) is 0.533. The number of hydrogen-bond acceptors (Lipinski definition) is 3. The van der Waals surface area contributed by atoms with Crippen LogP contribution >= 0.6 is 0 Å². The molecule has 2 aromatic rings. The maximum atomic E-state index is 11.7. The molecule has 1 aromatic heterocycles. The van der Waals surface area contributed by atoms with Crippen LogP contribution in [0.25, 0.3) is 11.1 Å². The second kappa shape index (κ2) is 5.61. The van der Waals surface area contributed by atoms with Crippen molar-refractivity contribution in [1.29, 1.82) is 0 Å². The topological polar surface area (TPSA) is 61.2 Å². The van der Waals surface area contributed by atoms with E-state index in [0.29, 0.717) is 18.0 Å². The number of rotatable bonds is 5. The van der Waals surface area contributed by atoms with E-state index in [1.807, 2.05) is 25.1 Å². The molecule has 1 heterocycles. The van der Waals surface area contributed by atoms with Gasteiger partial charge in [-0.05, 0) is 37.0 Å². The Balaban J connectivity index is 2.39. The summed E-state index contributed by atoms with van der Waals surface area (Å²) >= 11 is 0. The van der Waals surface area contributed by atoms with Crippen molar-refractivity contribution in [2.75, 3.05) is 0 Å². The Morgan fingerprint density at radius 2 is 2.11 bits per heavy atom. The normalized spacial score (nSPS) is 14.7. The lowest BCUT2D eigenvalue weighted by Gasteiger charge is -2.19. The third kappa shape index (κ3) is 2.59. The molecule has 0 fully saturated rings. The van der Waals surface area contributed by atoms with Crippen LogP contribution < -0.4 is 11.5 Å². The predicted octanol–water partition coefficient (Wildman–Crippen LogP) is 3.05. The van der Waals surface area contributed by atoms with Crippen molar-refractivity contribution in [2.24, 2.45) is 11.7 Å². The van der Waals surface area contributed by atoms with Gasteiger partial charge < -0.3 is 10.2 Å². The summed E-state index contributed by atoms with van der Waals surface area (Å²) in [6.45, 7) is 6.86. The van der Waals surface area contributed by atoms with Crippen molar-refractivity contribution in [2.45, 2.75) is 46.2 Å². The van der Waals surface area contributed by atoms with Gasteiger partial charge in [-0.2, -0.15) is 0 Å². The van der Waals surface area contributed by atoms with E-state index in [0.717, 1.165) is 23.9 Å². The Bertz CT molecular complexity index is 612. The highest BCUT2D eigenvalue weighted by molar-refractivity contribution is 5.73. The highest BCUT2D eigenvalue weighted by Gasteiger charge is 2.16. The quantitative estimate of drug-likeness (QED) is 0.900. The first-order chi connectivity index (χ1) is 9.08. The Morgan fingerprint density at radius 1 is 1.37 bits per heavy atom. The van der Waals surface area contributed by atoms with Crippen LogP contribution in [0.3, 0.4) is 0 Å².